The molecule has 9 heteroatoms. The Kier molecular flexibility index (Phi) is 9.38. The van der Waals surface area contributed by atoms with Crippen LogP contribution in [0.4, 0.5) is 0 Å². The number of esters is 1. The Bertz CT molecular complexity index is 1310. The molecule has 1 N–H and O–H groups in total. The minimum absolute atomic E-state index is 0.164. The molecule has 0 radical (unpaired) electrons. The highest BCUT2D eigenvalue weighted by atomic mass is 16.5. The molecular weight excluding hydrogens is 508 g/mol. The number of benzene rings is 3. The lowest BCUT2D eigenvalue weighted by molar-refractivity contribution is -0.137. The van der Waals surface area contributed by atoms with E-state index in [4.69, 9.17) is 9.47 Å². The van der Waals surface area contributed by atoms with Crippen molar-refractivity contribution in [2.24, 2.45) is 0 Å². The van der Waals surface area contributed by atoms with Gasteiger partial charge in [0.1, 0.15) is 5.75 Å². The maximum atomic E-state index is 12.6. The average molecular weight is 545 g/mol. The van der Waals surface area contributed by atoms with Crippen LogP contribution in [0.2, 0.25) is 0 Å². The summed E-state index contributed by atoms with van der Waals surface area (Å²) in [5.74, 6) is 0.0730. The van der Waals surface area contributed by atoms with Crippen molar-refractivity contribution in [3.05, 3.63) is 77.9 Å². The lowest BCUT2D eigenvalue weighted by Crippen LogP contribution is -2.52. The molecule has 3 aromatic carbocycles. The van der Waals surface area contributed by atoms with Crippen molar-refractivity contribution >= 4 is 28.6 Å². The molecular formula is C31H36N4O5. The first kappa shape index (κ1) is 27.8. The third-order valence-electron chi connectivity index (χ3n) is 7.46. The number of hydrogen-bond donors (Lipinski definition) is 1. The predicted octanol–water partition coefficient (Wildman–Crippen LogP) is 2.19. The number of fused-ring (bicyclic) bond motifs is 1. The van der Waals surface area contributed by atoms with Crippen LogP contribution in [-0.2, 0) is 20.7 Å². The Morgan fingerprint density at radius 2 is 1.50 bits per heavy atom. The van der Waals surface area contributed by atoms with Gasteiger partial charge in [0.2, 0.25) is 5.91 Å². The van der Waals surface area contributed by atoms with Crippen LogP contribution in [0.25, 0.3) is 10.8 Å². The zero-order valence-electron chi connectivity index (χ0n) is 22.7. The summed E-state index contributed by atoms with van der Waals surface area (Å²) in [6.45, 7) is 7.75. The molecule has 0 saturated carbocycles. The molecule has 2 amide bonds. The molecule has 2 saturated heterocycles. The average Bonchev–Trinajstić information content (AvgIpc) is 2.99. The second kappa shape index (κ2) is 13.5. The number of carbonyl (C=O) groups is 3. The first-order valence-electron chi connectivity index (χ1n) is 13.9. The topological polar surface area (TPSA) is 91.4 Å². The quantitative estimate of drug-likeness (QED) is 0.326. The van der Waals surface area contributed by atoms with E-state index in [1.54, 1.807) is 24.3 Å². The fourth-order valence-electron chi connectivity index (χ4n) is 5.15. The van der Waals surface area contributed by atoms with Gasteiger partial charge in [-0.25, -0.2) is 0 Å². The molecule has 3 aromatic rings. The third-order valence-corrected chi connectivity index (χ3v) is 7.46. The van der Waals surface area contributed by atoms with E-state index in [0.29, 0.717) is 50.7 Å². The molecule has 5 rings (SSSR count). The summed E-state index contributed by atoms with van der Waals surface area (Å²) in [7, 11) is 0. The van der Waals surface area contributed by atoms with Crippen molar-refractivity contribution in [1.82, 2.24) is 20.0 Å². The Morgan fingerprint density at radius 1 is 0.800 bits per heavy atom. The van der Waals surface area contributed by atoms with Crippen molar-refractivity contribution in [3.8, 4) is 5.75 Å². The van der Waals surface area contributed by atoms with Crippen LogP contribution < -0.4 is 10.1 Å². The van der Waals surface area contributed by atoms with Crippen molar-refractivity contribution in [3.63, 3.8) is 0 Å². The molecule has 2 heterocycles. The molecule has 0 bridgehead atoms. The number of amides is 2. The van der Waals surface area contributed by atoms with Gasteiger partial charge < -0.3 is 19.7 Å². The van der Waals surface area contributed by atoms with Gasteiger partial charge in [0.25, 0.3) is 5.91 Å². The second-order valence-corrected chi connectivity index (χ2v) is 10.2. The number of morpholine rings is 1. The van der Waals surface area contributed by atoms with Crippen molar-refractivity contribution in [2.75, 3.05) is 72.1 Å². The number of ether oxygens (including phenoxy) is 2. The molecule has 2 aliphatic heterocycles. The number of carbonyl (C=O) groups excluding carboxylic acids is 3. The van der Waals surface area contributed by atoms with E-state index >= 15 is 0 Å². The van der Waals surface area contributed by atoms with E-state index in [1.165, 1.54) is 0 Å². The van der Waals surface area contributed by atoms with Gasteiger partial charge >= 0.3 is 5.97 Å². The molecule has 0 spiro atoms. The molecule has 0 unspecified atom stereocenters. The van der Waals surface area contributed by atoms with Crippen molar-refractivity contribution in [1.29, 1.82) is 0 Å². The lowest BCUT2D eigenvalue weighted by Gasteiger charge is -2.36. The SMILES string of the molecule is O=C(Cc1cccc2ccccc12)Oc1ccc(C(=O)NCCN2CCN(CC(=O)N3CCOCC3)CC2)cc1. The third kappa shape index (κ3) is 7.44. The smallest absolute Gasteiger partial charge is 0.315 e. The summed E-state index contributed by atoms with van der Waals surface area (Å²) < 4.78 is 10.8. The van der Waals surface area contributed by atoms with E-state index in [9.17, 15) is 14.4 Å². The summed E-state index contributed by atoms with van der Waals surface area (Å²) >= 11 is 0. The molecule has 0 atom stereocenters. The van der Waals surface area contributed by atoms with E-state index in [-0.39, 0.29) is 24.2 Å². The van der Waals surface area contributed by atoms with Gasteiger partial charge in [-0.05, 0) is 40.6 Å². The van der Waals surface area contributed by atoms with E-state index in [2.05, 4.69) is 15.1 Å². The van der Waals surface area contributed by atoms with Gasteiger partial charge in [-0.3, -0.25) is 24.2 Å². The zero-order chi connectivity index (χ0) is 27.7. The van der Waals surface area contributed by atoms with Gasteiger partial charge in [-0.1, -0.05) is 42.5 Å². The highest BCUT2D eigenvalue weighted by Crippen LogP contribution is 2.20. The maximum absolute atomic E-state index is 12.6. The predicted molar refractivity (Wildman–Crippen MR) is 152 cm³/mol. The van der Waals surface area contributed by atoms with Gasteiger partial charge in [-0.15, -0.1) is 0 Å². The van der Waals surface area contributed by atoms with E-state index in [1.807, 2.05) is 47.4 Å². The normalized spacial score (nSPS) is 16.6. The summed E-state index contributed by atoms with van der Waals surface area (Å²) in [6, 6.07) is 20.5. The van der Waals surface area contributed by atoms with Crippen LogP contribution in [-0.4, -0.2) is 105 Å². The minimum atomic E-state index is -0.348. The van der Waals surface area contributed by atoms with Crippen LogP contribution in [0.3, 0.4) is 0 Å². The Hall–Kier alpha value is -3.79. The number of nitrogens with one attached hydrogen (secondary N) is 1. The van der Waals surface area contributed by atoms with Crippen LogP contribution in [0.15, 0.2) is 66.7 Å². The summed E-state index contributed by atoms with van der Waals surface area (Å²) in [5, 5.41) is 5.09. The molecule has 2 fully saturated rings. The van der Waals surface area contributed by atoms with E-state index in [0.717, 1.165) is 49.1 Å². The maximum Gasteiger partial charge on any atom is 0.315 e. The highest BCUT2D eigenvalue weighted by Gasteiger charge is 2.23. The van der Waals surface area contributed by atoms with Crippen LogP contribution in [0.5, 0.6) is 5.75 Å². The van der Waals surface area contributed by atoms with Gasteiger partial charge in [0, 0.05) is 57.9 Å². The summed E-state index contributed by atoms with van der Waals surface area (Å²) in [5.41, 5.74) is 1.43. The molecule has 2 aliphatic rings. The lowest BCUT2D eigenvalue weighted by atomic mass is 10.0. The molecule has 9 nitrogen and oxygen atoms in total. The van der Waals surface area contributed by atoms with Gasteiger partial charge in [0.15, 0.2) is 0 Å². The number of piperazine rings is 1. The van der Waals surface area contributed by atoms with E-state index < -0.39 is 0 Å². The first-order valence-corrected chi connectivity index (χ1v) is 13.9. The molecule has 40 heavy (non-hydrogen) atoms. The van der Waals surface area contributed by atoms with Crippen molar-refractivity contribution < 1.29 is 23.9 Å². The van der Waals surface area contributed by atoms with Gasteiger partial charge in [-0.2, -0.15) is 0 Å². The zero-order valence-corrected chi connectivity index (χ0v) is 22.7. The Labute approximate surface area is 234 Å². The first-order chi connectivity index (χ1) is 19.5. The fraction of sp³-hybridized carbons (Fsp3) is 0.387. The van der Waals surface area contributed by atoms with Crippen LogP contribution in [0, 0.1) is 0 Å². The minimum Gasteiger partial charge on any atom is -0.426 e. The fourth-order valence-corrected chi connectivity index (χ4v) is 5.15. The Balaban J connectivity index is 1.01. The summed E-state index contributed by atoms with van der Waals surface area (Å²) in [6.07, 6.45) is 0.169. The second-order valence-electron chi connectivity index (χ2n) is 10.2. The summed E-state index contributed by atoms with van der Waals surface area (Å²) in [4.78, 5) is 44.0. The van der Waals surface area contributed by atoms with Crippen molar-refractivity contribution in [2.45, 2.75) is 6.42 Å². The highest BCUT2D eigenvalue weighted by molar-refractivity contribution is 5.94. The molecule has 0 aliphatic carbocycles. The van der Waals surface area contributed by atoms with Gasteiger partial charge in [0.05, 0.1) is 26.2 Å². The largest absolute Gasteiger partial charge is 0.426 e. The van der Waals surface area contributed by atoms with Crippen LogP contribution >= 0.6 is 0 Å². The number of hydrogen-bond acceptors (Lipinski definition) is 7. The Morgan fingerprint density at radius 3 is 2.27 bits per heavy atom. The van der Waals surface area contributed by atoms with Crippen LogP contribution in [0.1, 0.15) is 15.9 Å². The molecule has 210 valence electrons. The number of nitrogens with zero attached hydrogens (tertiary/aromatic N) is 3. The molecule has 0 aromatic heterocycles. The standard InChI is InChI=1S/C31H36N4O5/c36-29(35-18-20-39-21-19-35)23-34-16-14-33(15-17-34)13-12-32-31(38)25-8-10-27(11-9-25)40-30(37)22-26-6-3-5-24-4-1-2-7-28(24)26/h1-11H,12-23H2,(H,32,38). The number of rotatable bonds is 9. The monoisotopic (exact) mass is 544 g/mol.